The SMILES string of the molecule is Cc1cc(C2C(c3ccccn3)NC(=S)N2c2ccc(NS(C)(=O)=O)cc2)c(C)n1-c1cccc2ccccc12. The molecule has 0 aliphatic carbocycles. The summed E-state index contributed by atoms with van der Waals surface area (Å²) in [7, 11) is -3.38. The van der Waals surface area contributed by atoms with E-state index in [0.29, 0.717) is 10.8 Å². The fourth-order valence-electron chi connectivity index (χ4n) is 5.71. The number of hydrogen-bond acceptors (Lipinski definition) is 4. The number of hydrogen-bond donors (Lipinski definition) is 2. The molecule has 2 N–H and O–H groups in total. The number of fused-ring (bicyclic) bond motifs is 1. The van der Waals surface area contributed by atoms with Crippen molar-refractivity contribution in [1.29, 1.82) is 0 Å². The van der Waals surface area contributed by atoms with E-state index in [9.17, 15) is 8.42 Å². The quantitative estimate of drug-likeness (QED) is 0.238. The van der Waals surface area contributed by atoms with Crippen molar-refractivity contribution >= 4 is 49.5 Å². The molecule has 0 radical (unpaired) electrons. The third-order valence-corrected chi connectivity index (χ3v) is 8.26. The Labute approximate surface area is 239 Å². The van der Waals surface area contributed by atoms with Crippen LogP contribution in [0.4, 0.5) is 11.4 Å². The molecule has 1 aliphatic rings. The lowest BCUT2D eigenvalue weighted by Gasteiger charge is -2.28. The molecule has 5 aromatic rings. The monoisotopic (exact) mass is 567 g/mol. The van der Waals surface area contributed by atoms with Crippen LogP contribution in [0.2, 0.25) is 0 Å². The number of rotatable bonds is 6. The second-order valence-corrected chi connectivity index (χ2v) is 12.2. The van der Waals surface area contributed by atoms with Crippen molar-refractivity contribution in [2.24, 2.45) is 0 Å². The molecule has 40 heavy (non-hydrogen) atoms. The van der Waals surface area contributed by atoms with Gasteiger partial charge in [-0.05, 0) is 85.5 Å². The van der Waals surface area contributed by atoms with Crippen molar-refractivity contribution in [3.05, 3.63) is 120 Å². The van der Waals surface area contributed by atoms with Gasteiger partial charge in [0.05, 0.1) is 29.7 Å². The Hall–Kier alpha value is -4.21. The summed E-state index contributed by atoms with van der Waals surface area (Å²) >= 11 is 5.91. The van der Waals surface area contributed by atoms with Crippen molar-refractivity contribution in [3.63, 3.8) is 0 Å². The van der Waals surface area contributed by atoms with E-state index >= 15 is 0 Å². The summed E-state index contributed by atoms with van der Waals surface area (Å²) < 4.78 is 28.3. The van der Waals surface area contributed by atoms with E-state index in [1.54, 1.807) is 18.3 Å². The molecular weight excluding hydrogens is 539 g/mol. The molecule has 3 heterocycles. The van der Waals surface area contributed by atoms with Crippen LogP contribution in [0.3, 0.4) is 0 Å². The summed E-state index contributed by atoms with van der Waals surface area (Å²) in [5.74, 6) is 0. The summed E-state index contributed by atoms with van der Waals surface area (Å²) in [5.41, 5.74) is 6.74. The van der Waals surface area contributed by atoms with E-state index in [1.807, 2.05) is 30.3 Å². The predicted octanol–water partition coefficient (Wildman–Crippen LogP) is 6.19. The summed E-state index contributed by atoms with van der Waals surface area (Å²) in [4.78, 5) is 6.78. The standard InChI is InChI=1S/C31H29N5O2S2/c1-20-19-26(21(2)35(20)28-13-8-10-22-9-4-5-11-25(22)28)30-29(27-12-6-7-18-32-27)33-31(39)36(30)24-16-14-23(15-17-24)34-40(3,37)38/h4-19,29-30,34H,1-3H3,(H,33,39). The molecule has 1 fully saturated rings. The first-order chi connectivity index (χ1) is 19.2. The fourth-order valence-corrected chi connectivity index (χ4v) is 6.62. The minimum absolute atomic E-state index is 0.189. The highest BCUT2D eigenvalue weighted by atomic mass is 32.2. The maximum atomic E-state index is 11.7. The summed E-state index contributed by atoms with van der Waals surface area (Å²) in [6.07, 6.45) is 2.93. The van der Waals surface area contributed by atoms with Crippen molar-refractivity contribution in [1.82, 2.24) is 14.9 Å². The molecule has 0 bridgehead atoms. The van der Waals surface area contributed by atoms with Crippen LogP contribution in [0.15, 0.2) is 97.2 Å². The number of nitrogens with one attached hydrogen (secondary N) is 2. The van der Waals surface area contributed by atoms with Gasteiger partial charge >= 0.3 is 0 Å². The van der Waals surface area contributed by atoms with E-state index in [4.69, 9.17) is 12.2 Å². The van der Waals surface area contributed by atoms with Gasteiger partial charge in [-0.25, -0.2) is 8.42 Å². The number of anilines is 2. The molecular formula is C31H29N5O2S2. The van der Waals surface area contributed by atoms with E-state index < -0.39 is 10.0 Å². The van der Waals surface area contributed by atoms with Gasteiger partial charge in [-0.2, -0.15) is 0 Å². The normalized spacial score (nSPS) is 17.3. The Morgan fingerprint density at radius 3 is 2.38 bits per heavy atom. The number of thiocarbonyl (C=S) groups is 1. The first kappa shape index (κ1) is 26.0. The van der Waals surface area contributed by atoms with Crippen LogP contribution in [-0.4, -0.2) is 29.3 Å². The van der Waals surface area contributed by atoms with Gasteiger partial charge in [0.15, 0.2) is 5.11 Å². The fraction of sp³-hybridized carbons (Fsp3) is 0.161. The summed E-state index contributed by atoms with van der Waals surface area (Å²) in [6.45, 7) is 4.28. The maximum absolute atomic E-state index is 11.7. The van der Waals surface area contributed by atoms with Gasteiger partial charge in [0, 0.05) is 34.3 Å². The van der Waals surface area contributed by atoms with Crippen molar-refractivity contribution in [3.8, 4) is 5.69 Å². The van der Waals surface area contributed by atoms with E-state index in [2.05, 4.69) is 86.9 Å². The van der Waals surface area contributed by atoms with Crippen LogP contribution in [-0.2, 0) is 10.0 Å². The Morgan fingerprint density at radius 2 is 1.65 bits per heavy atom. The molecule has 2 atom stereocenters. The highest BCUT2D eigenvalue weighted by Crippen LogP contribution is 2.44. The van der Waals surface area contributed by atoms with Gasteiger partial charge in [-0.15, -0.1) is 0 Å². The largest absolute Gasteiger partial charge is 0.351 e. The average molecular weight is 568 g/mol. The molecule has 2 unspecified atom stereocenters. The van der Waals surface area contributed by atoms with Gasteiger partial charge in [-0.3, -0.25) is 9.71 Å². The van der Waals surface area contributed by atoms with Gasteiger partial charge in [0.25, 0.3) is 0 Å². The van der Waals surface area contributed by atoms with Gasteiger partial charge < -0.3 is 14.8 Å². The van der Waals surface area contributed by atoms with Crippen molar-refractivity contribution in [2.45, 2.75) is 25.9 Å². The molecule has 1 saturated heterocycles. The smallest absolute Gasteiger partial charge is 0.229 e. The number of pyridine rings is 1. The van der Waals surface area contributed by atoms with E-state index in [1.165, 1.54) is 10.8 Å². The van der Waals surface area contributed by atoms with E-state index in [0.717, 1.165) is 40.3 Å². The van der Waals surface area contributed by atoms with Crippen molar-refractivity contribution < 1.29 is 8.42 Å². The Morgan fingerprint density at radius 1 is 0.925 bits per heavy atom. The Balaban J connectivity index is 1.50. The zero-order valence-corrected chi connectivity index (χ0v) is 24.0. The minimum Gasteiger partial charge on any atom is -0.351 e. The second-order valence-electron chi connectivity index (χ2n) is 10.1. The number of benzene rings is 3. The topological polar surface area (TPSA) is 79.3 Å². The highest BCUT2D eigenvalue weighted by molar-refractivity contribution is 7.92. The minimum atomic E-state index is -3.38. The lowest BCUT2D eigenvalue weighted by Crippen LogP contribution is -2.29. The molecule has 6 rings (SSSR count). The molecule has 7 nitrogen and oxygen atoms in total. The molecule has 202 valence electrons. The molecule has 0 saturated carbocycles. The average Bonchev–Trinajstić information content (AvgIpc) is 3.43. The first-order valence-corrected chi connectivity index (χ1v) is 15.3. The molecule has 0 spiro atoms. The van der Waals surface area contributed by atoms with Crippen LogP contribution >= 0.6 is 12.2 Å². The second kappa shape index (κ2) is 10.1. The summed E-state index contributed by atoms with van der Waals surface area (Å²) in [5, 5.41) is 6.48. The van der Waals surface area contributed by atoms with Crippen LogP contribution < -0.4 is 14.9 Å². The zero-order valence-electron chi connectivity index (χ0n) is 22.4. The number of aryl methyl sites for hydroxylation is 1. The van der Waals surface area contributed by atoms with Gasteiger partial charge in [0.2, 0.25) is 10.0 Å². The van der Waals surface area contributed by atoms with Crippen LogP contribution in [0, 0.1) is 13.8 Å². The van der Waals surface area contributed by atoms with Crippen molar-refractivity contribution in [2.75, 3.05) is 15.9 Å². The highest BCUT2D eigenvalue weighted by Gasteiger charge is 2.42. The molecule has 3 aromatic carbocycles. The lowest BCUT2D eigenvalue weighted by atomic mass is 9.96. The van der Waals surface area contributed by atoms with Crippen LogP contribution in [0.1, 0.15) is 34.7 Å². The maximum Gasteiger partial charge on any atom is 0.229 e. The predicted molar refractivity (Wildman–Crippen MR) is 166 cm³/mol. The molecule has 1 aliphatic heterocycles. The number of nitrogens with zero attached hydrogens (tertiary/aromatic N) is 3. The van der Waals surface area contributed by atoms with E-state index in [-0.39, 0.29) is 12.1 Å². The molecule has 2 aromatic heterocycles. The first-order valence-electron chi connectivity index (χ1n) is 13.0. The third-order valence-electron chi connectivity index (χ3n) is 7.34. The molecule has 9 heteroatoms. The Bertz CT molecular complexity index is 1830. The van der Waals surface area contributed by atoms with Crippen LogP contribution in [0.25, 0.3) is 16.5 Å². The van der Waals surface area contributed by atoms with Gasteiger partial charge in [-0.1, -0.05) is 42.5 Å². The van der Waals surface area contributed by atoms with Gasteiger partial charge in [0.1, 0.15) is 0 Å². The Kier molecular flexibility index (Phi) is 6.56. The van der Waals surface area contributed by atoms with Crippen LogP contribution in [0.5, 0.6) is 0 Å². The summed E-state index contributed by atoms with van der Waals surface area (Å²) in [6, 6.07) is 29.9. The zero-order chi connectivity index (χ0) is 28.0. The third kappa shape index (κ3) is 4.71. The number of aromatic nitrogens is 2. The number of sulfonamides is 1. The molecule has 0 amide bonds. The lowest BCUT2D eigenvalue weighted by molar-refractivity contribution is 0.565.